The number of carbonyl (C=O) groups excluding carboxylic acids is 1. The molecule has 1 spiro atoms. The van der Waals surface area contributed by atoms with E-state index >= 15 is 0 Å². The third-order valence-electron chi connectivity index (χ3n) is 5.56. The van der Waals surface area contributed by atoms with Crippen molar-refractivity contribution in [2.75, 3.05) is 44.8 Å². The molecule has 0 bridgehead atoms. The van der Waals surface area contributed by atoms with E-state index in [4.69, 9.17) is 4.74 Å². The summed E-state index contributed by atoms with van der Waals surface area (Å²) in [7, 11) is -3.07. The first-order valence-corrected chi connectivity index (χ1v) is 10.8. The van der Waals surface area contributed by atoms with Gasteiger partial charge < -0.3 is 9.64 Å². The summed E-state index contributed by atoms with van der Waals surface area (Å²) in [5, 5.41) is 0. The Morgan fingerprint density at radius 1 is 1.17 bits per heavy atom. The number of nitrogens with zero attached hydrogens (tertiary/aromatic N) is 2. The van der Waals surface area contributed by atoms with E-state index in [1.165, 1.54) is 32.2 Å². The normalized spacial score (nSPS) is 28.6. The number of sulfone groups is 1. The molecule has 0 aliphatic carbocycles. The van der Waals surface area contributed by atoms with Gasteiger partial charge in [-0.1, -0.05) is 0 Å². The van der Waals surface area contributed by atoms with Crippen LogP contribution in [-0.2, 0) is 19.4 Å². The molecule has 3 saturated heterocycles. The van der Waals surface area contributed by atoms with Gasteiger partial charge >= 0.3 is 0 Å². The zero-order chi connectivity index (χ0) is 16.5. The highest BCUT2D eigenvalue weighted by atomic mass is 32.2. The fraction of sp³-hybridized carbons (Fsp3) is 0.938. The molecule has 3 aliphatic rings. The first kappa shape index (κ1) is 17.2. The summed E-state index contributed by atoms with van der Waals surface area (Å²) < 4.78 is 28.6. The second-order valence-corrected chi connectivity index (χ2v) is 9.62. The summed E-state index contributed by atoms with van der Waals surface area (Å²) >= 11 is 0. The molecule has 0 aromatic carbocycles. The van der Waals surface area contributed by atoms with E-state index in [0.717, 1.165) is 25.9 Å². The molecule has 3 aliphatic heterocycles. The maximum atomic E-state index is 12.1. The number of piperidine rings is 1. The van der Waals surface area contributed by atoms with Gasteiger partial charge in [0.2, 0.25) is 5.91 Å². The molecule has 3 heterocycles. The molecule has 1 unspecified atom stereocenters. The lowest BCUT2D eigenvalue weighted by molar-refractivity contribution is -0.135. The van der Waals surface area contributed by atoms with Crippen LogP contribution in [0.1, 0.15) is 38.5 Å². The van der Waals surface area contributed by atoms with E-state index in [1.807, 2.05) is 4.90 Å². The third kappa shape index (κ3) is 4.25. The van der Waals surface area contributed by atoms with Gasteiger partial charge in [0.05, 0.1) is 18.0 Å². The van der Waals surface area contributed by atoms with Gasteiger partial charge in [-0.3, -0.25) is 9.69 Å². The van der Waals surface area contributed by atoms with Gasteiger partial charge in [-0.25, -0.2) is 8.42 Å². The smallest absolute Gasteiger partial charge is 0.223 e. The molecule has 0 radical (unpaired) electrons. The van der Waals surface area contributed by atoms with Crippen molar-refractivity contribution in [1.29, 1.82) is 0 Å². The average Bonchev–Trinajstić information content (AvgIpc) is 3.15. The molecular weight excluding hydrogens is 316 g/mol. The molecule has 0 N–H and O–H groups in total. The first-order valence-electron chi connectivity index (χ1n) is 8.70. The fourth-order valence-electron chi connectivity index (χ4n) is 4.10. The minimum atomic E-state index is -3.07. The van der Waals surface area contributed by atoms with Crippen LogP contribution in [0.3, 0.4) is 0 Å². The van der Waals surface area contributed by atoms with Crippen molar-refractivity contribution >= 4 is 15.7 Å². The minimum Gasteiger partial charge on any atom is -0.373 e. The Morgan fingerprint density at radius 3 is 2.43 bits per heavy atom. The fourth-order valence-corrected chi connectivity index (χ4v) is 4.65. The lowest BCUT2D eigenvalue weighted by Crippen LogP contribution is -2.47. The molecule has 1 atom stereocenters. The maximum absolute atomic E-state index is 12.1. The van der Waals surface area contributed by atoms with Crippen LogP contribution in [0.2, 0.25) is 0 Å². The topological polar surface area (TPSA) is 66.9 Å². The van der Waals surface area contributed by atoms with Gasteiger partial charge in [0.1, 0.15) is 9.84 Å². The molecule has 23 heavy (non-hydrogen) atoms. The second-order valence-electron chi connectivity index (χ2n) is 7.36. The zero-order valence-electron chi connectivity index (χ0n) is 14.0. The largest absolute Gasteiger partial charge is 0.373 e. The summed E-state index contributed by atoms with van der Waals surface area (Å²) in [4.78, 5) is 16.5. The predicted octanol–water partition coefficient (Wildman–Crippen LogP) is 0.667. The highest BCUT2D eigenvalue weighted by Crippen LogP contribution is 2.38. The Hall–Kier alpha value is -0.660. The average molecular weight is 344 g/mol. The van der Waals surface area contributed by atoms with Gasteiger partial charge in [0.15, 0.2) is 0 Å². The highest BCUT2D eigenvalue weighted by molar-refractivity contribution is 7.90. The van der Waals surface area contributed by atoms with Crippen molar-refractivity contribution in [2.45, 2.75) is 50.2 Å². The van der Waals surface area contributed by atoms with Crippen LogP contribution in [0, 0.1) is 0 Å². The Bertz CT molecular complexity index is 534. The van der Waals surface area contributed by atoms with Crippen molar-refractivity contribution < 1.29 is 17.9 Å². The lowest BCUT2D eigenvalue weighted by atomic mass is 9.87. The van der Waals surface area contributed by atoms with Crippen LogP contribution in [-0.4, -0.2) is 80.6 Å². The molecule has 0 aromatic rings. The first-order chi connectivity index (χ1) is 10.9. The van der Waals surface area contributed by atoms with Crippen LogP contribution in [0.15, 0.2) is 0 Å². The number of hydrogen-bond acceptors (Lipinski definition) is 5. The van der Waals surface area contributed by atoms with Crippen LogP contribution >= 0.6 is 0 Å². The van der Waals surface area contributed by atoms with E-state index in [9.17, 15) is 13.2 Å². The van der Waals surface area contributed by atoms with E-state index in [1.54, 1.807) is 0 Å². The van der Waals surface area contributed by atoms with Gasteiger partial charge in [-0.05, 0) is 45.2 Å². The molecule has 0 aromatic heterocycles. The summed E-state index contributed by atoms with van der Waals surface area (Å²) in [6, 6.07) is 0.546. The SMILES string of the molecule is CS(=O)(=O)CCC(=O)N1CCC2(CC1)CC(N1CCCC1)CO2. The molecule has 1 amide bonds. The zero-order valence-corrected chi connectivity index (χ0v) is 14.8. The van der Waals surface area contributed by atoms with Gasteiger partial charge in [-0.2, -0.15) is 0 Å². The van der Waals surface area contributed by atoms with E-state index in [0.29, 0.717) is 19.1 Å². The van der Waals surface area contributed by atoms with Crippen LogP contribution in [0.5, 0.6) is 0 Å². The highest BCUT2D eigenvalue weighted by Gasteiger charge is 2.45. The Labute approximate surface area is 139 Å². The van der Waals surface area contributed by atoms with Gasteiger partial charge in [0, 0.05) is 31.8 Å². The molecule has 7 heteroatoms. The third-order valence-corrected chi connectivity index (χ3v) is 6.51. The van der Waals surface area contributed by atoms with Crippen molar-refractivity contribution in [3.8, 4) is 0 Å². The molecule has 6 nitrogen and oxygen atoms in total. The number of amides is 1. The lowest BCUT2D eigenvalue weighted by Gasteiger charge is -2.39. The van der Waals surface area contributed by atoms with Gasteiger partial charge in [0.25, 0.3) is 0 Å². The van der Waals surface area contributed by atoms with E-state index < -0.39 is 9.84 Å². The van der Waals surface area contributed by atoms with E-state index in [-0.39, 0.29) is 23.7 Å². The van der Waals surface area contributed by atoms with Crippen molar-refractivity contribution in [1.82, 2.24) is 9.80 Å². The van der Waals surface area contributed by atoms with E-state index in [2.05, 4.69) is 4.90 Å². The molecular formula is C16H28N2O4S. The van der Waals surface area contributed by atoms with Crippen molar-refractivity contribution in [2.24, 2.45) is 0 Å². The summed E-state index contributed by atoms with van der Waals surface area (Å²) in [6.45, 7) is 4.59. The Kier molecular flexibility index (Phi) is 4.99. The predicted molar refractivity (Wildman–Crippen MR) is 88.0 cm³/mol. The minimum absolute atomic E-state index is 0.0423. The maximum Gasteiger partial charge on any atom is 0.223 e. The Morgan fingerprint density at radius 2 is 1.83 bits per heavy atom. The van der Waals surface area contributed by atoms with Crippen LogP contribution in [0.25, 0.3) is 0 Å². The molecule has 3 fully saturated rings. The number of rotatable bonds is 4. The van der Waals surface area contributed by atoms with Crippen LogP contribution in [0.4, 0.5) is 0 Å². The monoisotopic (exact) mass is 344 g/mol. The van der Waals surface area contributed by atoms with Crippen LogP contribution < -0.4 is 0 Å². The van der Waals surface area contributed by atoms with Crippen molar-refractivity contribution in [3.05, 3.63) is 0 Å². The standard InChI is InChI=1S/C16H28N2O4S/c1-23(20,21)11-4-15(19)18-9-5-16(6-10-18)12-14(13-22-16)17-7-2-3-8-17/h14H,2-13H2,1H3. The molecule has 3 rings (SSSR count). The second kappa shape index (κ2) is 6.69. The quantitative estimate of drug-likeness (QED) is 0.750. The summed E-state index contributed by atoms with van der Waals surface area (Å²) in [6.07, 6.45) is 6.71. The summed E-state index contributed by atoms with van der Waals surface area (Å²) in [5.41, 5.74) is -0.0547. The molecule has 132 valence electrons. The molecule has 0 saturated carbocycles. The van der Waals surface area contributed by atoms with Gasteiger partial charge in [-0.15, -0.1) is 0 Å². The number of hydrogen-bond donors (Lipinski definition) is 0. The van der Waals surface area contributed by atoms with Crippen molar-refractivity contribution in [3.63, 3.8) is 0 Å². The summed E-state index contributed by atoms with van der Waals surface area (Å²) in [5.74, 6) is -0.0968. The number of carbonyl (C=O) groups is 1. The Balaban J connectivity index is 1.47. The number of likely N-dealkylation sites (tertiary alicyclic amines) is 2. The number of ether oxygens (including phenoxy) is 1.